The first kappa shape index (κ1) is 19.1. The van der Waals surface area contributed by atoms with Crippen LogP contribution in [0.3, 0.4) is 0 Å². The third kappa shape index (κ3) is 3.72. The van der Waals surface area contributed by atoms with Crippen molar-refractivity contribution in [1.29, 1.82) is 0 Å². The monoisotopic (exact) mass is 386 g/mol. The summed E-state index contributed by atoms with van der Waals surface area (Å²) in [5, 5.41) is 0. The van der Waals surface area contributed by atoms with Crippen molar-refractivity contribution < 1.29 is 13.2 Å². The molecule has 0 fully saturated rings. The molecule has 0 unspecified atom stereocenters. The van der Waals surface area contributed by atoms with Crippen LogP contribution in [0.15, 0.2) is 53.4 Å². The van der Waals surface area contributed by atoms with Gasteiger partial charge in [-0.2, -0.15) is 0 Å². The number of amides is 1. The fourth-order valence-electron chi connectivity index (χ4n) is 3.00. The van der Waals surface area contributed by atoms with Crippen LogP contribution in [-0.2, 0) is 23.1 Å². The normalized spacial score (nSPS) is 11.7. The molecule has 0 saturated carbocycles. The Labute approximate surface area is 158 Å². The average Bonchev–Trinajstić information content (AvgIpc) is 3.04. The molecule has 8 heteroatoms. The van der Waals surface area contributed by atoms with Crippen molar-refractivity contribution in [3.63, 3.8) is 0 Å². The molecule has 1 amide bonds. The standard InChI is InChI=1S/C19H22N4O3S/c1-4-23-17-8-6-5-7-16(17)21-18(23)13-22(3)19(24)14-9-11-15(12-10-14)27(25,26)20-2/h5-12,20H,4,13H2,1-3H3. The predicted molar refractivity (Wildman–Crippen MR) is 104 cm³/mol. The lowest BCUT2D eigenvalue weighted by Crippen LogP contribution is -2.28. The number of benzene rings is 2. The van der Waals surface area contributed by atoms with Crippen LogP contribution in [0, 0.1) is 0 Å². The molecule has 2 aromatic carbocycles. The van der Waals surface area contributed by atoms with Gasteiger partial charge < -0.3 is 9.47 Å². The van der Waals surface area contributed by atoms with Crippen LogP contribution in [0.1, 0.15) is 23.1 Å². The van der Waals surface area contributed by atoms with E-state index >= 15 is 0 Å². The van der Waals surface area contributed by atoms with Gasteiger partial charge in [0.15, 0.2) is 0 Å². The van der Waals surface area contributed by atoms with Crippen LogP contribution >= 0.6 is 0 Å². The minimum absolute atomic E-state index is 0.122. The first-order valence-electron chi connectivity index (χ1n) is 8.60. The van der Waals surface area contributed by atoms with Gasteiger partial charge in [-0.05, 0) is 50.4 Å². The van der Waals surface area contributed by atoms with Crippen molar-refractivity contribution in [2.75, 3.05) is 14.1 Å². The number of rotatable bonds is 6. The van der Waals surface area contributed by atoms with Crippen molar-refractivity contribution in [1.82, 2.24) is 19.2 Å². The number of hydrogen-bond acceptors (Lipinski definition) is 4. The highest BCUT2D eigenvalue weighted by molar-refractivity contribution is 7.89. The Bertz CT molecular complexity index is 1070. The molecular weight excluding hydrogens is 364 g/mol. The molecule has 0 aliphatic rings. The van der Waals surface area contributed by atoms with Gasteiger partial charge in [0.1, 0.15) is 5.82 Å². The molecule has 7 nitrogen and oxygen atoms in total. The Hall–Kier alpha value is -2.71. The zero-order valence-corrected chi connectivity index (χ0v) is 16.3. The van der Waals surface area contributed by atoms with E-state index in [-0.39, 0.29) is 10.8 Å². The summed E-state index contributed by atoms with van der Waals surface area (Å²) >= 11 is 0. The number of sulfonamides is 1. The minimum Gasteiger partial charge on any atom is -0.334 e. The van der Waals surface area contributed by atoms with Gasteiger partial charge in [-0.25, -0.2) is 18.1 Å². The minimum atomic E-state index is -3.52. The molecule has 0 spiro atoms. The van der Waals surface area contributed by atoms with E-state index in [2.05, 4.69) is 14.3 Å². The summed E-state index contributed by atoms with van der Waals surface area (Å²) in [7, 11) is -0.464. The first-order chi connectivity index (χ1) is 12.9. The van der Waals surface area contributed by atoms with Crippen LogP contribution in [-0.4, -0.2) is 42.9 Å². The molecule has 3 aromatic rings. The molecule has 1 N–H and O–H groups in total. The third-order valence-corrected chi connectivity index (χ3v) is 5.89. The van der Waals surface area contributed by atoms with Crippen molar-refractivity contribution >= 4 is 27.0 Å². The van der Waals surface area contributed by atoms with Gasteiger partial charge in [-0.1, -0.05) is 12.1 Å². The summed E-state index contributed by atoms with van der Waals surface area (Å²) < 4.78 is 27.9. The maximum atomic E-state index is 12.7. The van der Waals surface area contributed by atoms with E-state index in [1.54, 1.807) is 11.9 Å². The second-order valence-electron chi connectivity index (χ2n) is 6.15. The smallest absolute Gasteiger partial charge is 0.254 e. The Morgan fingerprint density at radius 3 is 2.44 bits per heavy atom. The van der Waals surface area contributed by atoms with Crippen LogP contribution in [0.5, 0.6) is 0 Å². The Morgan fingerprint density at radius 1 is 1.15 bits per heavy atom. The lowest BCUT2D eigenvalue weighted by molar-refractivity contribution is 0.0780. The number of imidazole rings is 1. The molecule has 3 rings (SSSR count). The van der Waals surface area contributed by atoms with Gasteiger partial charge in [-0.3, -0.25) is 4.79 Å². The summed E-state index contributed by atoms with van der Waals surface area (Å²) in [5.74, 6) is 0.613. The summed E-state index contributed by atoms with van der Waals surface area (Å²) in [4.78, 5) is 19.1. The van der Waals surface area contributed by atoms with E-state index in [1.165, 1.54) is 31.3 Å². The van der Waals surface area contributed by atoms with Gasteiger partial charge in [0.25, 0.3) is 5.91 Å². The highest BCUT2D eigenvalue weighted by Crippen LogP contribution is 2.18. The number of carbonyl (C=O) groups is 1. The molecule has 27 heavy (non-hydrogen) atoms. The second-order valence-corrected chi connectivity index (χ2v) is 8.04. The van der Waals surface area contributed by atoms with Crippen LogP contribution in [0.25, 0.3) is 11.0 Å². The number of nitrogens with one attached hydrogen (secondary N) is 1. The predicted octanol–water partition coefficient (Wildman–Crippen LogP) is 2.24. The molecule has 1 heterocycles. The molecule has 0 aliphatic carbocycles. The number of aromatic nitrogens is 2. The van der Waals surface area contributed by atoms with E-state index in [0.717, 1.165) is 23.4 Å². The molecule has 0 saturated heterocycles. The Kier molecular flexibility index (Phi) is 5.29. The zero-order chi connectivity index (χ0) is 19.6. The summed E-state index contributed by atoms with van der Waals surface area (Å²) in [6, 6.07) is 13.8. The summed E-state index contributed by atoms with van der Waals surface area (Å²) in [5.41, 5.74) is 2.36. The molecule has 0 bridgehead atoms. The SMILES string of the molecule is CCn1c(CN(C)C(=O)c2ccc(S(=O)(=O)NC)cc2)nc2ccccc21. The molecule has 142 valence electrons. The molecule has 0 radical (unpaired) electrons. The first-order valence-corrected chi connectivity index (χ1v) is 10.1. The van der Waals surface area contributed by atoms with E-state index in [1.807, 2.05) is 31.2 Å². The third-order valence-electron chi connectivity index (χ3n) is 4.46. The molecule has 0 aliphatic heterocycles. The van der Waals surface area contributed by atoms with E-state index < -0.39 is 10.0 Å². The Morgan fingerprint density at radius 2 is 1.81 bits per heavy atom. The van der Waals surface area contributed by atoms with Crippen LogP contribution in [0.2, 0.25) is 0 Å². The van der Waals surface area contributed by atoms with E-state index in [0.29, 0.717) is 12.1 Å². The number of carbonyl (C=O) groups excluding carboxylic acids is 1. The average molecular weight is 386 g/mol. The van der Waals surface area contributed by atoms with Gasteiger partial charge in [0, 0.05) is 19.2 Å². The van der Waals surface area contributed by atoms with Crippen LogP contribution < -0.4 is 4.72 Å². The fourth-order valence-corrected chi connectivity index (χ4v) is 3.73. The maximum absolute atomic E-state index is 12.7. The van der Waals surface area contributed by atoms with Crippen molar-refractivity contribution in [3.8, 4) is 0 Å². The number of nitrogens with zero attached hydrogens (tertiary/aromatic N) is 3. The van der Waals surface area contributed by atoms with E-state index in [4.69, 9.17) is 0 Å². The number of fused-ring (bicyclic) bond motifs is 1. The van der Waals surface area contributed by atoms with Gasteiger partial charge >= 0.3 is 0 Å². The lowest BCUT2D eigenvalue weighted by atomic mass is 10.2. The molecule has 0 atom stereocenters. The number of para-hydroxylation sites is 2. The van der Waals surface area contributed by atoms with Crippen LogP contribution in [0.4, 0.5) is 0 Å². The van der Waals surface area contributed by atoms with Gasteiger partial charge in [0.05, 0.1) is 22.5 Å². The fraction of sp³-hybridized carbons (Fsp3) is 0.263. The van der Waals surface area contributed by atoms with Crippen molar-refractivity contribution in [2.24, 2.45) is 0 Å². The highest BCUT2D eigenvalue weighted by Gasteiger charge is 2.18. The van der Waals surface area contributed by atoms with Gasteiger partial charge in [-0.15, -0.1) is 0 Å². The zero-order valence-electron chi connectivity index (χ0n) is 15.5. The van der Waals surface area contributed by atoms with Crippen molar-refractivity contribution in [2.45, 2.75) is 24.9 Å². The second kappa shape index (κ2) is 7.50. The topological polar surface area (TPSA) is 84.3 Å². The quantitative estimate of drug-likeness (QED) is 0.704. The molecular formula is C19H22N4O3S. The maximum Gasteiger partial charge on any atom is 0.254 e. The summed E-state index contributed by atoms with van der Waals surface area (Å²) in [6.45, 7) is 3.16. The van der Waals surface area contributed by atoms with Crippen molar-refractivity contribution in [3.05, 3.63) is 59.9 Å². The summed E-state index contributed by atoms with van der Waals surface area (Å²) in [6.07, 6.45) is 0. The largest absolute Gasteiger partial charge is 0.334 e. The lowest BCUT2D eigenvalue weighted by Gasteiger charge is -2.18. The van der Waals surface area contributed by atoms with E-state index in [9.17, 15) is 13.2 Å². The number of aryl methyl sites for hydroxylation is 1. The highest BCUT2D eigenvalue weighted by atomic mass is 32.2. The number of hydrogen-bond donors (Lipinski definition) is 1. The molecule has 1 aromatic heterocycles. The Balaban J connectivity index is 1.82. The van der Waals surface area contributed by atoms with Gasteiger partial charge in [0.2, 0.25) is 10.0 Å².